The summed E-state index contributed by atoms with van der Waals surface area (Å²) in [5.41, 5.74) is 0.881. The largest absolute Gasteiger partial charge is 0.395 e. The lowest BCUT2D eigenvalue weighted by Gasteiger charge is -2.07. The Kier molecular flexibility index (Phi) is 5.01. The molecule has 2 N–H and O–H groups in total. The van der Waals surface area contributed by atoms with Crippen LogP contribution in [0.15, 0.2) is 40.3 Å². The molecule has 100 valence electrons. The van der Waals surface area contributed by atoms with Gasteiger partial charge in [0.05, 0.1) is 6.61 Å². The van der Waals surface area contributed by atoms with Crippen LogP contribution in [0.1, 0.15) is 5.69 Å². The van der Waals surface area contributed by atoms with Crippen LogP contribution >= 0.6 is 23.4 Å². The van der Waals surface area contributed by atoms with Crippen LogP contribution in [-0.4, -0.2) is 28.2 Å². The van der Waals surface area contributed by atoms with Gasteiger partial charge in [-0.2, -0.15) is 0 Å². The second-order valence-corrected chi connectivity index (χ2v) is 5.41. The van der Waals surface area contributed by atoms with Gasteiger partial charge >= 0.3 is 0 Å². The first-order valence-corrected chi connectivity index (χ1v) is 7.00. The van der Waals surface area contributed by atoms with Gasteiger partial charge in [-0.1, -0.05) is 23.4 Å². The number of hydrogen-bond acceptors (Lipinski definition) is 5. The van der Waals surface area contributed by atoms with E-state index in [2.05, 4.69) is 15.3 Å². The zero-order chi connectivity index (χ0) is 13.7. The summed E-state index contributed by atoms with van der Waals surface area (Å²) in [5.74, 6) is 0.533. The number of aliphatic hydroxyl groups excluding tert-OH is 1. The summed E-state index contributed by atoms with van der Waals surface area (Å²) in [6.45, 7) is 2.41. The third-order valence-electron chi connectivity index (χ3n) is 2.26. The fourth-order valence-electron chi connectivity index (χ4n) is 1.46. The molecule has 1 heterocycles. The van der Waals surface area contributed by atoms with Gasteiger partial charge in [-0.15, -0.1) is 0 Å². The lowest BCUT2D eigenvalue weighted by atomic mass is 10.4. The van der Waals surface area contributed by atoms with E-state index >= 15 is 0 Å². The van der Waals surface area contributed by atoms with Crippen LogP contribution in [0.4, 0.5) is 5.95 Å². The second kappa shape index (κ2) is 6.75. The zero-order valence-electron chi connectivity index (χ0n) is 10.4. The molecule has 1 aromatic carbocycles. The Balaban J connectivity index is 2.15. The second-order valence-electron chi connectivity index (χ2n) is 3.88. The van der Waals surface area contributed by atoms with Crippen LogP contribution < -0.4 is 5.32 Å². The highest BCUT2D eigenvalue weighted by molar-refractivity contribution is 7.99. The van der Waals surface area contributed by atoms with Crippen LogP contribution in [0.25, 0.3) is 0 Å². The summed E-state index contributed by atoms with van der Waals surface area (Å²) in [6.07, 6.45) is 0. The molecule has 0 radical (unpaired) electrons. The van der Waals surface area contributed by atoms with Gasteiger partial charge < -0.3 is 10.4 Å². The van der Waals surface area contributed by atoms with E-state index in [4.69, 9.17) is 16.7 Å². The van der Waals surface area contributed by atoms with Crippen LogP contribution in [-0.2, 0) is 0 Å². The summed E-state index contributed by atoms with van der Waals surface area (Å²) in [6, 6.07) is 9.52. The average molecular weight is 296 g/mol. The molecular formula is C13H14ClN3OS. The molecule has 2 aromatic rings. The Morgan fingerprint density at radius 1 is 1.26 bits per heavy atom. The van der Waals surface area contributed by atoms with Crippen LogP contribution in [0, 0.1) is 6.92 Å². The number of hydrogen-bond donors (Lipinski definition) is 2. The van der Waals surface area contributed by atoms with Crippen LogP contribution in [0.2, 0.25) is 5.02 Å². The SMILES string of the molecule is Cc1cc(Sc2ccc(Cl)cc2)nc(NCCO)n1. The fraction of sp³-hybridized carbons (Fsp3) is 0.231. The predicted octanol–water partition coefficient (Wildman–Crippen LogP) is 2.99. The van der Waals surface area contributed by atoms with Gasteiger partial charge in [-0.3, -0.25) is 0 Å². The maximum Gasteiger partial charge on any atom is 0.224 e. The van der Waals surface area contributed by atoms with Crippen molar-refractivity contribution >= 4 is 29.3 Å². The Hall–Kier alpha value is -1.30. The van der Waals surface area contributed by atoms with Crippen molar-refractivity contribution in [1.82, 2.24) is 9.97 Å². The number of anilines is 1. The third kappa shape index (κ3) is 4.38. The summed E-state index contributed by atoms with van der Waals surface area (Å²) in [7, 11) is 0. The molecule has 2 rings (SSSR count). The fourth-order valence-corrected chi connectivity index (χ4v) is 2.46. The summed E-state index contributed by atoms with van der Waals surface area (Å²) in [5, 5.41) is 13.3. The topological polar surface area (TPSA) is 58.0 Å². The van der Waals surface area contributed by atoms with Crippen molar-refractivity contribution in [3.8, 4) is 0 Å². The number of halogens is 1. The molecule has 0 unspecified atom stereocenters. The van der Waals surface area contributed by atoms with Gasteiger partial charge in [0.25, 0.3) is 0 Å². The predicted molar refractivity (Wildman–Crippen MR) is 77.9 cm³/mol. The Labute approximate surface area is 121 Å². The summed E-state index contributed by atoms with van der Waals surface area (Å²) >= 11 is 7.40. The molecule has 0 saturated carbocycles. The number of nitrogens with zero attached hydrogens (tertiary/aromatic N) is 2. The van der Waals surface area contributed by atoms with E-state index in [-0.39, 0.29) is 6.61 Å². The quantitative estimate of drug-likeness (QED) is 0.831. The van der Waals surface area contributed by atoms with Crippen molar-refractivity contribution in [1.29, 1.82) is 0 Å². The van der Waals surface area contributed by atoms with Gasteiger partial charge in [-0.25, -0.2) is 9.97 Å². The molecule has 4 nitrogen and oxygen atoms in total. The summed E-state index contributed by atoms with van der Waals surface area (Å²) in [4.78, 5) is 9.71. The van der Waals surface area contributed by atoms with E-state index < -0.39 is 0 Å². The molecule has 0 aliphatic carbocycles. The number of aliphatic hydroxyl groups is 1. The van der Waals surface area contributed by atoms with Crippen LogP contribution in [0.5, 0.6) is 0 Å². The molecule has 0 amide bonds. The number of nitrogens with one attached hydrogen (secondary N) is 1. The van der Waals surface area contributed by atoms with E-state index in [1.54, 1.807) is 11.8 Å². The highest BCUT2D eigenvalue weighted by atomic mass is 35.5. The Bertz CT molecular complexity index is 548. The van der Waals surface area contributed by atoms with E-state index in [0.717, 1.165) is 15.6 Å². The molecule has 1 aromatic heterocycles. The number of aryl methyl sites for hydroxylation is 1. The highest BCUT2D eigenvalue weighted by Crippen LogP contribution is 2.28. The first kappa shape index (κ1) is 14.1. The molecule has 0 aliphatic heterocycles. The van der Waals surface area contributed by atoms with E-state index in [1.807, 2.05) is 37.3 Å². The monoisotopic (exact) mass is 295 g/mol. The standard InChI is InChI=1S/C13H14ClN3OS/c1-9-8-12(17-13(16-9)15-6-7-18)19-11-4-2-10(14)3-5-11/h2-5,8,18H,6-7H2,1H3,(H,15,16,17). The average Bonchev–Trinajstić information content (AvgIpc) is 2.38. The van der Waals surface area contributed by atoms with Gasteiger partial charge in [0.15, 0.2) is 0 Å². The Morgan fingerprint density at radius 3 is 2.68 bits per heavy atom. The van der Waals surface area contributed by atoms with Crippen molar-refractivity contribution in [2.45, 2.75) is 16.8 Å². The Morgan fingerprint density at radius 2 is 2.00 bits per heavy atom. The van der Waals surface area contributed by atoms with Gasteiger partial charge in [0, 0.05) is 22.2 Å². The number of rotatable bonds is 5. The number of aromatic nitrogens is 2. The maximum atomic E-state index is 8.79. The maximum absolute atomic E-state index is 8.79. The normalized spacial score (nSPS) is 10.5. The minimum Gasteiger partial charge on any atom is -0.395 e. The lowest BCUT2D eigenvalue weighted by molar-refractivity contribution is 0.310. The molecule has 19 heavy (non-hydrogen) atoms. The van der Waals surface area contributed by atoms with Gasteiger partial charge in [0.2, 0.25) is 5.95 Å². The van der Waals surface area contributed by atoms with E-state index in [1.165, 1.54) is 0 Å². The summed E-state index contributed by atoms with van der Waals surface area (Å²) < 4.78 is 0. The molecule has 0 spiro atoms. The molecule has 0 atom stereocenters. The van der Waals surface area contributed by atoms with Crippen LogP contribution in [0.3, 0.4) is 0 Å². The van der Waals surface area contributed by atoms with Crippen molar-refractivity contribution in [2.75, 3.05) is 18.5 Å². The molecule has 0 fully saturated rings. The number of benzene rings is 1. The van der Waals surface area contributed by atoms with Crippen molar-refractivity contribution < 1.29 is 5.11 Å². The van der Waals surface area contributed by atoms with Crippen molar-refractivity contribution in [2.24, 2.45) is 0 Å². The molecule has 6 heteroatoms. The first-order valence-electron chi connectivity index (χ1n) is 5.81. The molecule has 0 aliphatic rings. The minimum absolute atomic E-state index is 0.0525. The van der Waals surface area contributed by atoms with Crippen molar-refractivity contribution in [3.63, 3.8) is 0 Å². The molecular weight excluding hydrogens is 282 g/mol. The molecule has 0 bridgehead atoms. The lowest BCUT2D eigenvalue weighted by Crippen LogP contribution is -2.09. The van der Waals surface area contributed by atoms with E-state index in [0.29, 0.717) is 17.5 Å². The first-order chi connectivity index (χ1) is 9.17. The van der Waals surface area contributed by atoms with Gasteiger partial charge in [-0.05, 0) is 37.3 Å². The smallest absolute Gasteiger partial charge is 0.224 e. The highest BCUT2D eigenvalue weighted by Gasteiger charge is 2.04. The minimum atomic E-state index is 0.0525. The third-order valence-corrected chi connectivity index (χ3v) is 3.44. The zero-order valence-corrected chi connectivity index (χ0v) is 12.0. The van der Waals surface area contributed by atoms with Gasteiger partial charge in [0.1, 0.15) is 5.03 Å². The molecule has 0 saturated heterocycles. The van der Waals surface area contributed by atoms with Crippen molar-refractivity contribution in [3.05, 3.63) is 41.0 Å². The van der Waals surface area contributed by atoms with E-state index in [9.17, 15) is 0 Å².